The Morgan fingerprint density at radius 1 is 1.19 bits per heavy atom. The van der Waals surface area contributed by atoms with Crippen LogP contribution >= 0.6 is 0 Å². The maximum atomic E-state index is 11.8. The van der Waals surface area contributed by atoms with Crippen molar-refractivity contribution in [3.63, 3.8) is 0 Å². The minimum atomic E-state index is -0.473. The molecule has 7 nitrogen and oxygen atoms in total. The van der Waals surface area contributed by atoms with Gasteiger partial charge < -0.3 is 19.9 Å². The Labute approximate surface area is 122 Å². The Balaban J connectivity index is 2.72. The highest BCUT2D eigenvalue weighted by Crippen LogP contribution is 2.41. The van der Waals surface area contributed by atoms with Gasteiger partial charge >= 0.3 is 5.97 Å². The molecule has 7 heteroatoms. The summed E-state index contributed by atoms with van der Waals surface area (Å²) < 4.78 is 16.9. The van der Waals surface area contributed by atoms with Gasteiger partial charge in [0.25, 0.3) is 0 Å². The highest BCUT2D eigenvalue weighted by Gasteiger charge is 2.20. The molecule has 0 amide bonds. The molecule has 0 saturated heterocycles. The van der Waals surface area contributed by atoms with Crippen LogP contribution in [0.2, 0.25) is 0 Å². The molecular formula is C14H17N3O4. The van der Waals surface area contributed by atoms with Crippen molar-refractivity contribution in [3.05, 3.63) is 23.9 Å². The maximum absolute atomic E-state index is 11.8. The molecule has 0 radical (unpaired) electrons. The minimum absolute atomic E-state index is 0.341. The van der Waals surface area contributed by atoms with Crippen LogP contribution < -0.4 is 15.2 Å². The molecule has 0 aliphatic carbocycles. The zero-order chi connectivity index (χ0) is 15.6. The number of esters is 1. The number of hydrogen-bond donors (Lipinski definition) is 1. The summed E-state index contributed by atoms with van der Waals surface area (Å²) in [7, 11) is 6.06. The van der Waals surface area contributed by atoms with Gasteiger partial charge in [0.1, 0.15) is 5.82 Å². The lowest BCUT2D eigenvalue weighted by atomic mass is 10.0. The summed E-state index contributed by atoms with van der Waals surface area (Å²) in [5.74, 6) is 0.875. The molecule has 0 spiro atoms. The third-order valence-corrected chi connectivity index (χ3v) is 3.17. The van der Waals surface area contributed by atoms with Crippen LogP contribution in [0.4, 0.5) is 5.82 Å². The Morgan fingerprint density at radius 2 is 1.90 bits per heavy atom. The van der Waals surface area contributed by atoms with E-state index in [1.165, 1.54) is 26.0 Å². The Morgan fingerprint density at radius 3 is 2.38 bits per heavy atom. The zero-order valence-electron chi connectivity index (χ0n) is 12.3. The van der Waals surface area contributed by atoms with E-state index in [1.54, 1.807) is 25.4 Å². The summed E-state index contributed by atoms with van der Waals surface area (Å²) in [6.07, 6.45) is 1.60. The lowest BCUT2D eigenvalue weighted by Gasteiger charge is -2.14. The number of aromatic nitrogens is 2. The van der Waals surface area contributed by atoms with Crippen molar-refractivity contribution < 1.29 is 19.0 Å². The van der Waals surface area contributed by atoms with Crippen LogP contribution in [-0.4, -0.2) is 37.1 Å². The number of benzene rings is 1. The molecular weight excluding hydrogens is 274 g/mol. The minimum Gasteiger partial charge on any atom is -0.493 e. The average Bonchev–Trinajstić information content (AvgIpc) is 2.84. The lowest BCUT2D eigenvalue weighted by molar-refractivity contribution is 0.0600. The predicted molar refractivity (Wildman–Crippen MR) is 77.5 cm³/mol. The molecule has 2 N–H and O–H groups in total. The fourth-order valence-corrected chi connectivity index (χ4v) is 2.05. The van der Waals surface area contributed by atoms with Crippen molar-refractivity contribution in [2.75, 3.05) is 27.1 Å². The van der Waals surface area contributed by atoms with E-state index in [2.05, 4.69) is 5.10 Å². The summed E-state index contributed by atoms with van der Waals surface area (Å²) in [6, 6.07) is 3.20. The number of nitrogen functional groups attached to an aromatic ring is 1. The van der Waals surface area contributed by atoms with Crippen molar-refractivity contribution >= 4 is 11.8 Å². The van der Waals surface area contributed by atoms with E-state index in [1.807, 2.05) is 0 Å². The second-order valence-corrected chi connectivity index (χ2v) is 4.32. The van der Waals surface area contributed by atoms with E-state index < -0.39 is 5.97 Å². The molecule has 2 rings (SSSR count). The summed E-state index contributed by atoms with van der Waals surface area (Å²) in [5, 5.41) is 4.10. The van der Waals surface area contributed by atoms with Gasteiger partial charge in [-0.15, -0.1) is 0 Å². The standard InChI is InChI=1S/C14H17N3O4/c1-17-13(15)10(7-16-17)9-5-8(14(18)21-4)6-11(19-2)12(9)20-3/h5-7H,15H2,1-4H3. The van der Waals surface area contributed by atoms with Crippen molar-refractivity contribution in [2.45, 2.75) is 0 Å². The Kier molecular flexibility index (Phi) is 4.02. The highest BCUT2D eigenvalue weighted by atomic mass is 16.5. The van der Waals surface area contributed by atoms with Crippen LogP contribution in [0.3, 0.4) is 0 Å². The molecule has 0 aliphatic heterocycles. The largest absolute Gasteiger partial charge is 0.493 e. The summed E-state index contributed by atoms with van der Waals surface area (Å²) in [6.45, 7) is 0. The number of carbonyl (C=O) groups excluding carboxylic acids is 1. The van der Waals surface area contributed by atoms with E-state index in [0.29, 0.717) is 34.0 Å². The van der Waals surface area contributed by atoms with Gasteiger partial charge in [-0.05, 0) is 12.1 Å². The normalized spacial score (nSPS) is 10.3. The van der Waals surface area contributed by atoms with Crippen LogP contribution in [0.15, 0.2) is 18.3 Å². The van der Waals surface area contributed by atoms with Gasteiger partial charge in [-0.25, -0.2) is 4.79 Å². The number of methoxy groups -OCH3 is 3. The molecule has 1 heterocycles. The third-order valence-electron chi connectivity index (χ3n) is 3.17. The van der Waals surface area contributed by atoms with E-state index in [0.717, 1.165) is 0 Å². The molecule has 0 fully saturated rings. The Bertz CT molecular complexity index is 679. The third kappa shape index (κ3) is 2.49. The number of nitrogens with zero attached hydrogens (tertiary/aromatic N) is 2. The average molecular weight is 291 g/mol. The first kappa shape index (κ1) is 14.7. The smallest absolute Gasteiger partial charge is 0.338 e. The summed E-state index contributed by atoms with van der Waals surface area (Å²) in [4.78, 5) is 11.8. The molecule has 0 atom stereocenters. The number of nitrogens with two attached hydrogens (primary N) is 1. The van der Waals surface area contributed by atoms with Crippen molar-refractivity contribution in [2.24, 2.45) is 7.05 Å². The molecule has 0 unspecified atom stereocenters. The number of hydrogen-bond acceptors (Lipinski definition) is 6. The SMILES string of the molecule is COC(=O)c1cc(OC)c(OC)c(-c2cnn(C)c2N)c1. The first-order valence-electron chi connectivity index (χ1n) is 6.15. The van der Waals surface area contributed by atoms with Gasteiger partial charge in [-0.1, -0.05) is 0 Å². The summed E-state index contributed by atoms with van der Waals surface area (Å²) >= 11 is 0. The first-order valence-corrected chi connectivity index (χ1v) is 6.15. The second kappa shape index (κ2) is 5.74. The van der Waals surface area contributed by atoms with Crippen molar-refractivity contribution in [1.29, 1.82) is 0 Å². The van der Waals surface area contributed by atoms with E-state index >= 15 is 0 Å². The molecule has 2 aromatic rings. The molecule has 1 aromatic heterocycles. The number of ether oxygens (including phenoxy) is 3. The quantitative estimate of drug-likeness (QED) is 0.858. The molecule has 0 bridgehead atoms. The molecule has 112 valence electrons. The van der Waals surface area contributed by atoms with Crippen molar-refractivity contribution in [3.8, 4) is 22.6 Å². The van der Waals surface area contributed by atoms with Crippen LogP contribution in [-0.2, 0) is 11.8 Å². The summed E-state index contributed by atoms with van der Waals surface area (Å²) in [5.41, 5.74) is 7.60. The van der Waals surface area contributed by atoms with Gasteiger partial charge in [-0.3, -0.25) is 4.68 Å². The molecule has 1 aromatic carbocycles. The number of anilines is 1. The molecule has 0 aliphatic rings. The fourth-order valence-electron chi connectivity index (χ4n) is 2.05. The zero-order valence-corrected chi connectivity index (χ0v) is 12.3. The van der Waals surface area contributed by atoms with Crippen LogP contribution in [0.1, 0.15) is 10.4 Å². The van der Waals surface area contributed by atoms with E-state index in [9.17, 15) is 4.79 Å². The highest BCUT2D eigenvalue weighted by molar-refractivity contribution is 5.94. The van der Waals surface area contributed by atoms with Crippen molar-refractivity contribution in [1.82, 2.24) is 9.78 Å². The predicted octanol–water partition coefficient (Wildman–Crippen LogP) is 1.47. The number of rotatable bonds is 4. The Hall–Kier alpha value is -2.70. The van der Waals surface area contributed by atoms with Crippen LogP contribution in [0.25, 0.3) is 11.1 Å². The van der Waals surface area contributed by atoms with Crippen LogP contribution in [0, 0.1) is 0 Å². The monoisotopic (exact) mass is 291 g/mol. The maximum Gasteiger partial charge on any atom is 0.338 e. The number of aryl methyl sites for hydroxylation is 1. The lowest BCUT2D eigenvalue weighted by Crippen LogP contribution is -2.04. The van der Waals surface area contributed by atoms with Gasteiger partial charge in [0.15, 0.2) is 11.5 Å². The van der Waals surface area contributed by atoms with E-state index in [4.69, 9.17) is 19.9 Å². The second-order valence-electron chi connectivity index (χ2n) is 4.32. The molecule has 21 heavy (non-hydrogen) atoms. The number of carbonyl (C=O) groups is 1. The van der Waals surface area contributed by atoms with E-state index in [-0.39, 0.29) is 0 Å². The van der Waals surface area contributed by atoms with Gasteiger partial charge in [0.2, 0.25) is 0 Å². The molecule has 0 saturated carbocycles. The van der Waals surface area contributed by atoms with Gasteiger partial charge in [-0.2, -0.15) is 5.10 Å². The van der Waals surface area contributed by atoms with Crippen LogP contribution in [0.5, 0.6) is 11.5 Å². The first-order chi connectivity index (χ1) is 10.0. The van der Waals surface area contributed by atoms with Gasteiger partial charge in [0, 0.05) is 18.2 Å². The van der Waals surface area contributed by atoms with Gasteiger partial charge in [0.05, 0.1) is 33.1 Å². The fraction of sp³-hybridized carbons (Fsp3) is 0.286. The topological polar surface area (TPSA) is 88.6 Å².